The zero-order chi connectivity index (χ0) is 13.1. The van der Waals surface area contributed by atoms with Crippen LogP contribution in [0.3, 0.4) is 0 Å². The van der Waals surface area contributed by atoms with Crippen LogP contribution >= 0.6 is 27.5 Å². The van der Waals surface area contributed by atoms with E-state index < -0.39 is 11.2 Å². The number of hydrogen-bond donors (Lipinski definition) is 0. The number of ether oxygens (including phenoxy) is 1. The van der Waals surface area contributed by atoms with Gasteiger partial charge in [-0.25, -0.2) is 4.39 Å². The lowest BCUT2D eigenvalue weighted by molar-refractivity contribution is -0.135. The molecule has 3 nitrogen and oxygen atoms in total. The molecule has 0 aromatic heterocycles. The van der Waals surface area contributed by atoms with Gasteiger partial charge in [0.05, 0.1) is 13.2 Å². The van der Waals surface area contributed by atoms with Crippen molar-refractivity contribution in [3.63, 3.8) is 0 Å². The number of alkyl halides is 1. The summed E-state index contributed by atoms with van der Waals surface area (Å²) in [6.07, 6.45) is 0. The number of carbonyl (C=O) groups excluding carboxylic acids is 1. The normalized spacial score (nSPS) is 17.6. The van der Waals surface area contributed by atoms with Gasteiger partial charge in [-0.3, -0.25) is 4.79 Å². The molecule has 0 spiro atoms. The van der Waals surface area contributed by atoms with Crippen molar-refractivity contribution in [3.05, 3.63) is 34.1 Å². The van der Waals surface area contributed by atoms with Crippen molar-refractivity contribution in [2.45, 2.75) is 5.38 Å². The fraction of sp³-hybridized carbons (Fsp3) is 0.417. The number of halogens is 3. The average Bonchev–Trinajstić information content (AvgIpc) is 2.38. The Balaban J connectivity index is 2.14. The lowest BCUT2D eigenvalue weighted by atomic mass is 10.1. The smallest absolute Gasteiger partial charge is 0.245 e. The third-order valence-electron chi connectivity index (χ3n) is 2.78. The van der Waals surface area contributed by atoms with E-state index in [1.807, 2.05) is 0 Å². The molecule has 18 heavy (non-hydrogen) atoms. The Labute approximate surface area is 118 Å². The molecule has 1 amide bonds. The molecule has 6 heteroatoms. The third-order valence-corrected chi connectivity index (χ3v) is 3.69. The summed E-state index contributed by atoms with van der Waals surface area (Å²) in [5.41, 5.74) is 0.205. The van der Waals surface area contributed by atoms with Gasteiger partial charge in [-0.1, -0.05) is 22.0 Å². The first-order valence-corrected chi connectivity index (χ1v) is 6.78. The Kier molecular flexibility index (Phi) is 4.59. The summed E-state index contributed by atoms with van der Waals surface area (Å²) >= 11 is 9.22. The van der Waals surface area contributed by atoms with Crippen LogP contribution in [0.15, 0.2) is 22.7 Å². The van der Waals surface area contributed by atoms with E-state index in [4.69, 9.17) is 16.3 Å². The molecule has 2 rings (SSSR count). The molecule has 0 radical (unpaired) electrons. The van der Waals surface area contributed by atoms with E-state index in [9.17, 15) is 9.18 Å². The topological polar surface area (TPSA) is 29.5 Å². The number of carbonyl (C=O) groups is 1. The first kappa shape index (κ1) is 13.8. The van der Waals surface area contributed by atoms with Crippen LogP contribution in [0.1, 0.15) is 10.9 Å². The van der Waals surface area contributed by atoms with E-state index in [0.29, 0.717) is 30.8 Å². The molecule has 0 bridgehead atoms. The summed E-state index contributed by atoms with van der Waals surface area (Å²) in [5.74, 6) is -0.757. The summed E-state index contributed by atoms with van der Waals surface area (Å²) < 4.78 is 19.5. The Hall–Kier alpha value is -0.650. The van der Waals surface area contributed by atoms with Crippen LogP contribution in [0.2, 0.25) is 0 Å². The van der Waals surface area contributed by atoms with Crippen molar-refractivity contribution < 1.29 is 13.9 Å². The maximum atomic E-state index is 13.7. The summed E-state index contributed by atoms with van der Waals surface area (Å²) in [4.78, 5) is 13.7. The Bertz CT molecular complexity index is 452. The van der Waals surface area contributed by atoms with Crippen molar-refractivity contribution in [2.24, 2.45) is 0 Å². The summed E-state index contributed by atoms with van der Waals surface area (Å²) in [5, 5.41) is -0.990. The molecule has 1 saturated heterocycles. The number of nitrogens with zero attached hydrogens (tertiary/aromatic N) is 1. The van der Waals surface area contributed by atoms with Gasteiger partial charge < -0.3 is 9.64 Å². The summed E-state index contributed by atoms with van der Waals surface area (Å²) in [6.45, 7) is 2.00. The molecular weight excluding hydrogens is 324 g/mol. The van der Waals surface area contributed by atoms with Crippen LogP contribution in [-0.2, 0) is 9.53 Å². The minimum absolute atomic E-state index is 0.205. The largest absolute Gasteiger partial charge is 0.378 e. The monoisotopic (exact) mass is 335 g/mol. The van der Waals surface area contributed by atoms with Crippen molar-refractivity contribution in [1.82, 2.24) is 4.90 Å². The van der Waals surface area contributed by atoms with E-state index in [1.165, 1.54) is 12.1 Å². The third kappa shape index (κ3) is 3.02. The minimum Gasteiger partial charge on any atom is -0.378 e. The van der Waals surface area contributed by atoms with Gasteiger partial charge in [-0.2, -0.15) is 0 Å². The second-order valence-electron chi connectivity index (χ2n) is 3.97. The standard InChI is InChI=1S/C12H12BrClFNO2/c13-8-1-2-9(10(15)7-8)11(14)12(17)16-3-5-18-6-4-16/h1-2,7,11H,3-6H2. The molecule has 1 aliphatic heterocycles. The van der Waals surface area contributed by atoms with E-state index >= 15 is 0 Å². The Morgan fingerprint density at radius 1 is 1.44 bits per heavy atom. The van der Waals surface area contributed by atoms with Gasteiger partial charge in [0, 0.05) is 23.1 Å². The fourth-order valence-electron chi connectivity index (χ4n) is 1.78. The first-order chi connectivity index (χ1) is 8.59. The molecule has 1 aromatic carbocycles. The number of benzene rings is 1. The first-order valence-electron chi connectivity index (χ1n) is 5.55. The second kappa shape index (κ2) is 5.99. The average molecular weight is 337 g/mol. The van der Waals surface area contributed by atoms with Crippen molar-refractivity contribution >= 4 is 33.4 Å². The SMILES string of the molecule is O=C(C(Cl)c1ccc(Br)cc1F)N1CCOCC1. The predicted octanol–water partition coefficient (Wildman–Crippen LogP) is 2.73. The predicted molar refractivity (Wildman–Crippen MR) is 70.1 cm³/mol. The number of morpholine rings is 1. The second-order valence-corrected chi connectivity index (χ2v) is 5.32. The van der Waals surface area contributed by atoms with Gasteiger partial charge in [-0.15, -0.1) is 11.6 Å². The zero-order valence-electron chi connectivity index (χ0n) is 9.54. The lowest BCUT2D eigenvalue weighted by Gasteiger charge is -2.28. The molecule has 1 unspecified atom stereocenters. The summed E-state index contributed by atoms with van der Waals surface area (Å²) in [7, 11) is 0. The highest BCUT2D eigenvalue weighted by Crippen LogP contribution is 2.27. The Morgan fingerprint density at radius 3 is 2.72 bits per heavy atom. The van der Waals surface area contributed by atoms with E-state index in [-0.39, 0.29) is 11.5 Å². The maximum Gasteiger partial charge on any atom is 0.245 e. The van der Waals surface area contributed by atoms with Crippen LogP contribution in [-0.4, -0.2) is 37.1 Å². The lowest BCUT2D eigenvalue weighted by Crippen LogP contribution is -2.42. The van der Waals surface area contributed by atoms with Crippen molar-refractivity contribution in [3.8, 4) is 0 Å². The Morgan fingerprint density at radius 2 is 2.11 bits per heavy atom. The molecule has 1 aromatic rings. The molecule has 1 aliphatic rings. The van der Waals surface area contributed by atoms with Crippen LogP contribution < -0.4 is 0 Å². The molecule has 0 N–H and O–H groups in total. The molecule has 0 aliphatic carbocycles. The number of hydrogen-bond acceptors (Lipinski definition) is 2. The van der Waals surface area contributed by atoms with Gasteiger partial charge in [0.1, 0.15) is 11.2 Å². The van der Waals surface area contributed by atoms with E-state index in [2.05, 4.69) is 15.9 Å². The van der Waals surface area contributed by atoms with Gasteiger partial charge >= 0.3 is 0 Å². The fourth-order valence-corrected chi connectivity index (χ4v) is 2.43. The molecule has 0 saturated carbocycles. The maximum absolute atomic E-state index is 13.7. The summed E-state index contributed by atoms with van der Waals surface area (Å²) in [6, 6.07) is 4.49. The van der Waals surface area contributed by atoms with Crippen LogP contribution in [0, 0.1) is 5.82 Å². The molecular formula is C12H12BrClFNO2. The zero-order valence-corrected chi connectivity index (χ0v) is 11.9. The quantitative estimate of drug-likeness (QED) is 0.777. The molecule has 98 valence electrons. The van der Waals surface area contributed by atoms with Crippen LogP contribution in [0.25, 0.3) is 0 Å². The highest BCUT2D eigenvalue weighted by molar-refractivity contribution is 9.10. The molecule has 1 atom stereocenters. The van der Waals surface area contributed by atoms with Crippen molar-refractivity contribution in [1.29, 1.82) is 0 Å². The van der Waals surface area contributed by atoms with Gasteiger partial charge in [0.15, 0.2) is 0 Å². The molecule has 1 heterocycles. The number of rotatable bonds is 2. The van der Waals surface area contributed by atoms with Crippen molar-refractivity contribution in [2.75, 3.05) is 26.3 Å². The highest BCUT2D eigenvalue weighted by Gasteiger charge is 2.27. The minimum atomic E-state index is -0.990. The molecule has 1 fully saturated rings. The van der Waals surface area contributed by atoms with Gasteiger partial charge in [0.25, 0.3) is 0 Å². The van der Waals surface area contributed by atoms with Crippen LogP contribution in [0.5, 0.6) is 0 Å². The highest BCUT2D eigenvalue weighted by atomic mass is 79.9. The number of amides is 1. The van der Waals surface area contributed by atoms with Gasteiger partial charge in [0.2, 0.25) is 5.91 Å². The van der Waals surface area contributed by atoms with E-state index in [1.54, 1.807) is 11.0 Å². The van der Waals surface area contributed by atoms with E-state index in [0.717, 1.165) is 0 Å². The van der Waals surface area contributed by atoms with Gasteiger partial charge in [-0.05, 0) is 12.1 Å². The van der Waals surface area contributed by atoms with Crippen LogP contribution in [0.4, 0.5) is 4.39 Å².